The van der Waals surface area contributed by atoms with Gasteiger partial charge in [-0.25, -0.2) is 0 Å². The highest BCUT2D eigenvalue weighted by Gasteiger charge is 2.28. The molecule has 7 heteroatoms. The third kappa shape index (κ3) is 7.10. The minimum absolute atomic E-state index is 0.211. The van der Waals surface area contributed by atoms with E-state index < -0.39 is 11.7 Å². The number of benzene rings is 1. The van der Waals surface area contributed by atoms with Gasteiger partial charge in [0.15, 0.2) is 0 Å². The van der Waals surface area contributed by atoms with Crippen molar-refractivity contribution in [2.24, 2.45) is 0 Å². The first-order valence-corrected chi connectivity index (χ1v) is 11.3. The van der Waals surface area contributed by atoms with Crippen LogP contribution in [0.4, 0.5) is 0 Å². The first kappa shape index (κ1) is 23.3. The predicted molar refractivity (Wildman–Crippen MR) is 116 cm³/mol. The number of nitrogens with one attached hydrogen (secondary N) is 1. The van der Waals surface area contributed by atoms with Crippen LogP contribution in [0.15, 0.2) is 18.2 Å². The van der Waals surface area contributed by atoms with Crippen LogP contribution in [0.3, 0.4) is 0 Å². The van der Waals surface area contributed by atoms with Crippen molar-refractivity contribution in [3.05, 3.63) is 23.8 Å². The normalized spacial score (nSPS) is 21.3. The molecule has 1 atom stereocenters. The molecule has 7 nitrogen and oxygen atoms in total. The summed E-state index contributed by atoms with van der Waals surface area (Å²) in [5.74, 6) is 1.47. The molecule has 1 aromatic carbocycles. The summed E-state index contributed by atoms with van der Waals surface area (Å²) in [4.78, 5) is 2.17. The minimum atomic E-state index is -0.615. The molecule has 170 valence electrons. The Morgan fingerprint density at radius 1 is 1.20 bits per heavy atom. The van der Waals surface area contributed by atoms with Gasteiger partial charge in [0, 0.05) is 38.3 Å². The Kier molecular flexibility index (Phi) is 8.77. The Balaban J connectivity index is 1.50. The van der Waals surface area contributed by atoms with E-state index in [4.69, 9.17) is 9.47 Å². The van der Waals surface area contributed by atoms with Gasteiger partial charge < -0.3 is 35.0 Å². The van der Waals surface area contributed by atoms with Gasteiger partial charge in [-0.05, 0) is 43.9 Å². The summed E-state index contributed by atoms with van der Waals surface area (Å²) in [5, 5.41) is 34.1. The number of hydrogen-bond donors (Lipinski definition) is 4. The molecule has 2 aliphatic rings. The van der Waals surface area contributed by atoms with Crippen LogP contribution in [0.25, 0.3) is 0 Å². The number of methoxy groups -OCH3 is 1. The number of hydrogen-bond acceptors (Lipinski definition) is 7. The van der Waals surface area contributed by atoms with Crippen molar-refractivity contribution in [1.82, 2.24) is 10.2 Å². The second kappa shape index (κ2) is 11.3. The predicted octanol–water partition coefficient (Wildman–Crippen LogP) is 1.68. The molecule has 1 heterocycles. The molecule has 0 radical (unpaired) electrons. The number of β-amino-alcohol motifs (C(OH)–C–C–N with tert-alkyl or cyclic N) is 1. The van der Waals surface area contributed by atoms with Crippen LogP contribution in [0, 0.1) is 0 Å². The summed E-state index contributed by atoms with van der Waals surface area (Å²) < 4.78 is 11.3. The van der Waals surface area contributed by atoms with Crippen LogP contribution < -0.4 is 14.8 Å². The molecule has 0 bridgehead atoms. The molecule has 1 aliphatic heterocycles. The fourth-order valence-electron chi connectivity index (χ4n) is 4.42. The van der Waals surface area contributed by atoms with Gasteiger partial charge in [0.05, 0.1) is 18.8 Å². The van der Waals surface area contributed by atoms with Gasteiger partial charge in [-0.15, -0.1) is 0 Å². The Bertz CT molecular complexity index is 642. The number of nitrogens with zero attached hydrogens (tertiary/aromatic N) is 1. The van der Waals surface area contributed by atoms with Crippen molar-refractivity contribution in [2.45, 2.75) is 69.3 Å². The van der Waals surface area contributed by atoms with Crippen LogP contribution in [0.2, 0.25) is 0 Å². The fraction of sp³-hybridized carbons (Fsp3) is 0.739. The lowest BCUT2D eigenvalue weighted by atomic mass is 9.85. The molecule has 3 rings (SSSR count). The Hall–Kier alpha value is -1.38. The van der Waals surface area contributed by atoms with Crippen molar-refractivity contribution in [2.75, 3.05) is 39.9 Å². The lowest BCUT2D eigenvalue weighted by Gasteiger charge is -2.32. The van der Waals surface area contributed by atoms with Crippen molar-refractivity contribution in [3.8, 4) is 11.5 Å². The van der Waals surface area contributed by atoms with Gasteiger partial charge in [0.25, 0.3) is 0 Å². The molecule has 0 aromatic heterocycles. The molecule has 2 fully saturated rings. The lowest BCUT2D eigenvalue weighted by molar-refractivity contribution is 0.00458. The van der Waals surface area contributed by atoms with E-state index >= 15 is 0 Å². The Morgan fingerprint density at radius 2 is 1.93 bits per heavy atom. The van der Waals surface area contributed by atoms with E-state index in [0.29, 0.717) is 25.4 Å². The van der Waals surface area contributed by atoms with E-state index in [1.54, 1.807) is 7.11 Å². The van der Waals surface area contributed by atoms with Crippen molar-refractivity contribution < 1.29 is 24.8 Å². The maximum absolute atomic E-state index is 10.7. The van der Waals surface area contributed by atoms with Crippen LogP contribution >= 0.6 is 0 Å². The standard InChI is InChI=1S/C23H38N2O5/c1-29-21-5-6-22(30-16-20(27)15-25-11-7-19(26)8-12-25)18(13-21)14-24-17-23(28)9-3-2-4-10-23/h5-6,13,19-20,24,26-28H,2-4,7-12,14-17H2,1H3. The zero-order chi connectivity index (χ0) is 21.4. The molecule has 4 N–H and O–H groups in total. The van der Waals surface area contributed by atoms with Crippen molar-refractivity contribution in [3.63, 3.8) is 0 Å². The van der Waals surface area contributed by atoms with E-state index in [2.05, 4.69) is 10.2 Å². The van der Waals surface area contributed by atoms with E-state index in [1.165, 1.54) is 6.42 Å². The number of likely N-dealkylation sites (tertiary alicyclic amines) is 1. The second-order valence-electron chi connectivity index (χ2n) is 8.86. The summed E-state index contributed by atoms with van der Waals surface area (Å²) in [5.41, 5.74) is 0.332. The fourth-order valence-corrected chi connectivity index (χ4v) is 4.42. The summed E-state index contributed by atoms with van der Waals surface area (Å²) >= 11 is 0. The number of ether oxygens (including phenoxy) is 2. The van der Waals surface area contributed by atoms with Gasteiger partial charge in [-0.2, -0.15) is 0 Å². The van der Waals surface area contributed by atoms with E-state index in [0.717, 1.165) is 62.9 Å². The summed E-state index contributed by atoms with van der Waals surface area (Å²) in [6.45, 7) is 3.49. The van der Waals surface area contributed by atoms with Gasteiger partial charge in [-0.3, -0.25) is 0 Å². The molecular weight excluding hydrogens is 384 g/mol. The maximum Gasteiger partial charge on any atom is 0.124 e. The molecular formula is C23H38N2O5. The zero-order valence-corrected chi connectivity index (χ0v) is 18.2. The number of rotatable bonds is 10. The highest BCUT2D eigenvalue weighted by atomic mass is 16.5. The molecule has 0 spiro atoms. The van der Waals surface area contributed by atoms with Crippen LogP contribution in [0.5, 0.6) is 11.5 Å². The first-order valence-electron chi connectivity index (χ1n) is 11.3. The monoisotopic (exact) mass is 422 g/mol. The van der Waals surface area contributed by atoms with E-state index in [1.807, 2.05) is 18.2 Å². The van der Waals surface area contributed by atoms with Crippen LogP contribution in [0.1, 0.15) is 50.5 Å². The molecule has 1 saturated heterocycles. The topological polar surface area (TPSA) is 94.4 Å². The third-order valence-corrected chi connectivity index (χ3v) is 6.28. The Labute approximate surface area is 180 Å². The highest BCUT2D eigenvalue weighted by molar-refractivity contribution is 5.40. The Morgan fingerprint density at radius 3 is 2.63 bits per heavy atom. The average molecular weight is 423 g/mol. The molecule has 1 unspecified atom stereocenters. The molecule has 30 heavy (non-hydrogen) atoms. The van der Waals surface area contributed by atoms with Gasteiger partial charge in [-0.1, -0.05) is 19.3 Å². The molecule has 1 saturated carbocycles. The molecule has 1 aliphatic carbocycles. The summed E-state index contributed by atoms with van der Waals surface area (Å²) in [7, 11) is 1.64. The average Bonchev–Trinajstić information content (AvgIpc) is 2.75. The summed E-state index contributed by atoms with van der Waals surface area (Å²) in [6, 6.07) is 5.66. The van der Waals surface area contributed by atoms with Crippen molar-refractivity contribution in [1.29, 1.82) is 0 Å². The van der Waals surface area contributed by atoms with Gasteiger partial charge >= 0.3 is 0 Å². The lowest BCUT2D eigenvalue weighted by Crippen LogP contribution is -2.42. The maximum atomic E-state index is 10.7. The quantitative estimate of drug-likeness (QED) is 0.456. The van der Waals surface area contributed by atoms with Crippen LogP contribution in [-0.2, 0) is 6.54 Å². The SMILES string of the molecule is COc1ccc(OCC(O)CN2CCC(O)CC2)c(CNCC2(O)CCCCC2)c1. The largest absolute Gasteiger partial charge is 0.497 e. The molecule has 0 amide bonds. The third-order valence-electron chi connectivity index (χ3n) is 6.28. The number of aliphatic hydroxyl groups is 3. The van der Waals surface area contributed by atoms with Crippen molar-refractivity contribution >= 4 is 0 Å². The smallest absolute Gasteiger partial charge is 0.124 e. The molecule has 1 aromatic rings. The minimum Gasteiger partial charge on any atom is -0.497 e. The van der Waals surface area contributed by atoms with Crippen LogP contribution in [-0.4, -0.2) is 77.9 Å². The van der Waals surface area contributed by atoms with E-state index in [-0.39, 0.29) is 12.7 Å². The highest BCUT2D eigenvalue weighted by Crippen LogP contribution is 2.28. The number of piperidine rings is 1. The number of aliphatic hydroxyl groups excluding tert-OH is 2. The van der Waals surface area contributed by atoms with E-state index in [9.17, 15) is 15.3 Å². The second-order valence-corrected chi connectivity index (χ2v) is 8.86. The zero-order valence-electron chi connectivity index (χ0n) is 18.2. The van der Waals surface area contributed by atoms with Gasteiger partial charge in [0.2, 0.25) is 0 Å². The summed E-state index contributed by atoms with van der Waals surface area (Å²) in [6.07, 6.45) is 5.78. The van der Waals surface area contributed by atoms with Gasteiger partial charge in [0.1, 0.15) is 24.2 Å². The first-order chi connectivity index (χ1) is 14.5.